The van der Waals surface area contributed by atoms with Gasteiger partial charge in [-0.3, -0.25) is 9.59 Å². The molecule has 0 bridgehead atoms. The Labute approximate surface area is 176 Å². The Kier molecular flexibility index (Phi) is 6.47. The number of nitrogens with one attached hydrogen (secondary N) is 1. The summed E-state index contributed by atoms with van der Waals surface area (Å²) in [5.41, 5.74) is 0.373. The molecule has 7 heteroatoms. The molecule has 0 radical (unpaired) electrons. The molecule has 2 amide bonds. The Morgan fingerprint density at radius 1 is 1.24 bits per heavy atom. The third kappa shape index (κ3) is 4.72. The molecule has 1 aromatic rings. The van der Waals surface area contributed by atoms with Gasteiger partial charge in [0.2, 0.25) is 5.91 Å². The SMILES string of the molecule is C#CC1CC[C@@H](C#N)N1C(=O)CNC1(C)CCN(C(=O)c2ccc(Cl)cc2)CC1. The zero-order chi connectivity index (χ0) is 21.0. The van der Waals surface area contributed by atoms with Crippen molar-refractivity contribution in [3.05, 3.63) is 34.9 Å². The number of amides is 2. The number of hydrogen-bond donors (Lipinski definition) is 1. The third-order valence-corrected chi connectivity index (χ3v) is 6.18. The number of carbonyl (C=O) groups is 2. The highest BCUT2D eigenvalue weighted by Gasteiger charge is 2.37. The fourth-order valence-corrected chi connectivity index (χ4v) is 4.11. The average Bonchev–Trinajstić information content (AvgIpc) is 3.16. The lowest BCUT2D eigenvalue weighted by Crippen LogP contribution is -2.55. The van der Waals surface area contributed by atoms with Crippen LogP contribution in [0.5, 0.6) is 0 Å². The summed E-state index contributed by atoms with van der Waals surface area (Å²) >= 11 is 5.89. The summed E-state index contributed by atoms with van der Waals surface area (Å²) < 4.78 is 0. The van der Waals surface area contributed by atoms with Crippen molar-refractivity contribution < 1.29 is 9.59 Å². The van der Waals surface area contributed by atoms with Crippen LogP contribution >= 0.6 is 11.6 Å². The molecular weight excluding hydrogens is 388 g/mol. The van der Waals surface area contributed by atoms with Gasteiger partial charge in [0.25, 0.3) is 5.91 Å². The van der Waals surface area contributed by atoms with Crippen LogP contribution in [0.2, 0.25) is 5.02 Å². The molecule has 0 aromatic heterocycles. The predicted molar refractivity (Wildman–Crippen MR) is 111 cm³/mol. The zero-order valence-corrected chi connectivity index (χ0v) is 17.3. The Balaban J connectivity index is 1.53. The molecule has 2 fully saturated rings. The van der Waals surface area contributed by atoms with Crippen LogP contribution in [0, 0.1) is 23.7 Å². The number of nitriles is 1. The van der Waals surface area contributed by atoms with E-state index in [-0.39, 0.29) is 29.9 Å². The second-order valence-corrected chi connectivity index (χ2v) is 8.36. The Morgan fingerprint density at radius 2 is 1.86 bits per heavy atom. The lowest BCUT2D eigenvalue weighted by atomic mass is 9.89. The quantitative estimate of drug-likeness (QED) is 0.770. The molecule has 29 heavy (non-hydrogen) atoms. The molecule has 0 aliphatic carbocycles. The number of halogens is 1. The predicted octanol–water partition coefficient (Wildman–Crippen LogP) is 2.44. The van der Waals surface area contributed by atoms with Gasteiger partial charge in [-0.2, -0.15) is 5.26 Å². The monoisotopic (exact) mass is 412 g/mol. The van der Waals surface area contributed by atoms with Crippen LogP contribution in [0.15, 0.2) is 24.3 Å². The highest BCUT2D eigenvalue weighted by atomic mass is 35.5. The molecule has 6 nitrogen and oxygen atoms in total. The summed E-state index contributed by atoms with van der Waals surface area (Å²) in [5.74, 6) is 2.47. The number of likely N-dealkylation sites (tertiary alicyclic amines) is 2. The maximum absolute atomic E-state index is 12.7. The molecule has 1 aromatic carbocycles. The molecule has 152 valence electrons. The fourth-order valence-electron chi connectivity index (χ4n) is 3.98. The Hall–Kier alpha value is -2.54. The zero-order valence-electron chi connectivity index (χ0n) is 16.5. The van der Waals surface area contributed by atoms with Gasteiger partial charge in [0.15, 0.2) is 0 Å². The van der Waals surface area contributed by atoms with Gasteiger partial charge >= 0.3 is 0 Å². The standard InChI is InChI=1S/C22H25ClN4O2/c1-3-18-8-9-19(14-24)27(18)20(28)15-25-22(2)10-12-26(13-11-22)21(29)16-4-6-17(23)7-5-16/h1,4-7,18-19,25H,8-13,15H2,2H3/t18?,19-/m0/s1. The second-order valence-electron chi connectivity index (χ2n) is 7.92. The van der Waals surface area contributed by atoms with Crippen LogP contribution in [-0.4, -0.2) is 58.9 Å². The first-order valence-corrected chi connectivity index (χ1v) is 10.2. The van der Waals surface area contributed by atoms with Gasteiger partial charge in [0, 0.05) is 29.2 Å². The summed E-state index contributed by atoms with van der Waals surface area (Å²) in [5, 5.41) is 13.2. The third-order valence-electron chi connectivity index (χ3n) is 5.93. The summed E-state index contributed by atoms with van der Waals surface area (Å²) in [6, 6.07) is 8.32. The number of piperidine rings is 1. The molecule has 2 atom stereocenters. The first-order valence-electron chi connectivity index (χ1n) is 9.84. The first-order chi connectivity index (χ1) is 13.9. The van der Waals surface area contributed by atoms with Gasteiger partial charge in [0.05, 0.1) is 18.7 Å². The van der Waals surface area contributed by atoms with Gasteiger partial charge < -0.3 is 15.1 Å². The van der Waals surface area contributed by atoms with E-state index in [9.17, 15) is 14.9 Å². The molecule has 2 heterocycles. The van der Waals surface area contributed by atoms with Gasteiger partial charge in [-0.15, -0.1) is 6.42 Å². The minimum atomic E-state index is -0.447. The van der Waals surface area contributed by atoms with Gasteiger partial charge in [-0.1, -0.05) is 17.5 Å². The second kappa shape index (κ2) is 8.86. The number of nitrogens with zero attached hydrogens (tertiary/aromatic N) is 3. The molecule has 0 saturated carbocycles. The van der Waals surface area contributed by atoms with E-state index in [1.807, 2.05) is 4.90 Å². The van der Waals surface area contributed by atoms with E-state index >= 15 is 0 Å². The lowest BCUT2D eigenvalue weighted by molar-refractivity contribution is -0.131. The maximum atomic E-state index is 12.7. The van der Waals surface area contributed by atoms with Crippen molar-refractivity contribution in [3.63, 3.8) is 0 Å². The molecule has 3 rings (SSSR count). The summed E-state index contributed by atoms with van der Waals surface area (Å²) in [7, 11) is 0. The van der Waals surface area contributed by atoms with Crippen LogP contribution < -0.4 is 5.32 Å². The highest BCUT2D eigenvalue weighted by molar-refractivity contribution is 6.30. The van der Waals surface area contributed by atoms with Gasteiger partial charge in [-0.25, -0.2) is 0 Å². The number of rotatable bonds is 4. The van der Waals surface area contributed by atoms with Crippen molar-refractivity contribution in [2.24, 2.45) is 0 Å². The van der Waals surface area contributed by atoms with Crippen LogP contribution in [0.4, 0.5) is 0 Å². The lowest BCUT2D eigenvalue weighted by Gasteiger charge is -2.40. The molecule has 2 saturated heterocycles. The summed E-state index contributed by atoms with van der Waals surface area (Å²) in [4.78, 5) is 28.7. The number of carbonyl (C=O) groups excluding carboxylic acids is 2. The smallest absolute Gasteiger partial charge is 0.253 e. The van der Waals surface area contributed by atoms with Gasteiger partial charge in [-0.05, 0) is 56.9 Å². The van der Waals surface area contributed by atoms with Crippen LogP contribution in [-0.2, 0) is 4.79 Å². The maximum Gasteiger partial charge on any atom is 0.253 e. The van der Waals surface area contributed by atoms with E-state index in [1.165, 1.54) is 4.90 Å². The molecule has 2 aliphatic rings. The number of hydrogen-bond acceptors (Lipinski definition) is 4. The molecule has 1 unspecified atom stereocenters. The van der Waals surface area contributed by atoms with Crippen molar-refractivity contribution in [3.8, 4) is 18.4 Å². The van der Waals surface area contributed by atoms with Crippen molar-refractivity contribution >= 4 is 23.4 Å². The van der Waals surface area contributed by atoms with Crippen molar-refractivity contribution in [1.82, 2.24) is 15.1 Å². The van der Waals surface area contributed by atoms with E-state index in [1.54, 1.807) is 24.3 Å². The Bertz CT molecular complexity index is 825. The minimum absolute atomic E-state index is 0.00872. The fraction of sp³-hybridized carbons (Fsp3) is 0.500. The normalized spacial score (nSPS) is 23.3. The number of terminal acetylenes is 1. The molecule has 2 aliphatic heterocycles. The van der Waals surface area contributed by atoms with Crippen molar-refractivity contribution in [2.75, 3.05) is 19.6 Å². The first kappa shape index (κ1) is 21.2. The van der Waals surface area contributed by atoms with Crippen LogP contribution in [0.1, 0.15) is 43.0 Å². The summed E-state index contributed by atoms with van der Waals surface area (Å²) in [6.07, 6.45) is 8.28. The van der Waals surface area contributed by atoms with Crippen molar-refractivity contribution in [2.45, 2.75) is 50.2 Å². The topological polar surface area (TPSA) is 76.4 Å². The molecular formula is C22H25ClN4O2. The van der Waals surface area contributed by atoms with Gasteiger partial charge in [0.1, 0.15) is 6.04 Å². The number of benzene rings is 1. The highest BCUT2D eigenvalue weighted by Crippen LogP contribution is 2.25. The average molecular weight is 413 g/mol. The van der Waals surface area contributed by atoms with Crippen LogP contribution in [0.25, 0.3) is 0 Å². The van der Waals surface area contributed by atoms with Crippen LogP contribution in [0.3, 0.4) is 0 Å². The summed E-state index contributed by atoms with van der Waals surface area (Å²) in [6.45, 7) is 3.42. The largest absolute Gasteiger partial charge is 0.339 e. The molecule has 0 spiro atoms. The van der Waals surface area contributed by atoms with E-state index in [4.69, 9.17) is 18.0 Å². The Morgan fingerprint density at radius 3 is 2.45 bits per heavy atom. The van der Waals surface area contributed by atoms with E-state index < -0.39 is 6.04 Å². The van der Waals surface area contributed by atoms with E-state index in [0.717, 1.165) is 12.8 Å². The minimum Gasteiger partial charge on any atom is -0.339 e. The van der Waals surface area contributed by atoms with E-state index in [0.29, 0.717) is 36.5 Å². The van der Waals surface area contributed by atoms with E-state index in [2.05, 4.69) is 24.2 Å². The molecule has 1 N–H and O–H groups in total. The van der Waals surface area contributed by atoms with Crippen molar-refractivity contribution in [1.29, 1.82) is 5.26 Å².